The number of guanidine groups is 1. The molecule has 2 N–H and O–H groups in total. The molecule has 0 aliphatic rings. The van der Waals surface area contributed by atoms with E-state index in [0.29, 0.717) is 32.1 Å². The number of nitrogens with one attached hydrogen (secondary N) is 2. The summed E-state index contributed by atoms with van der Waals surface area (Å²) in [7, 11) is 0. The minimum atomic E-state index is -4.16. The van der Waals surface area contributed by atoms with Crippen LogP contribution in [0, 0.1) is 0 Å². The minimum absolute atomic E-state index is 0. The number of alkyl halides is 3. The molecule has 0 bridgehead atoms. The van der Waals surface area contributed by atoms with E-state index in [9.17, 15) is 13.2 Å². The zero-order valence-electron chi connectivity index (χ0n) is 13.0. The van der Waals surface area contributed by atoms with Gasteiger partial charge in [-0.15, -0.1) is 24.0 Å². The van der Waals surface area contributed by atoms with Crippen molar-refractivity contribution in [3.05, 3.63) is 30.3 Å². The second-order valence-electron chi connectivity index (χ2n) is 4.57. The molecule has 1 aromatic rings. The lowest BCUT2D eigenvalue weighted by molar-refractivity contribution is -0.132. The van der Waals surface area contributed by atoms with Crippen LogP contribution in [0.5, 0.6) is 5.75 Å². The lowest BCUT2D eigenvalue weighted by Gasteiger charge is -2.12. The van der Waals surface area contributed by atoms with Crippen molar-refractivity contribution in [3.63, 3.8) is 0 Å². The van der Waals surface area contributed by atoms with Crippen molar-refractivity contribution in [2.24, 2.45) is 4.99 Å². The van der Waals surface area contributed by atoms with Crippen LogP contribution in [0.25, 0.3) is 0 Å². The fourth-order valence-electron chi connectivity index (χ4n) is 1.63. The van der Waals surface area contributed by atoms with Gasteiger partial charge in [-0.3, -0.25) is 4.99 Å². The highest BCUT2D eigenvalue weighted by atomic mass is 127. The molecule has 0 amide bonds. The Kier molecular flexibility index (Phi) is 11.6. The molecule has 1 rings (SSSR count). The SMILES string of the molecule is CCNC(=NCCCOc1ccccc1)NCCC(F)(F)F.I. The van der Waals surface area contributed by atoms with Crippen LogP contribution in [-0.2, 0) is 0 Å². The lowest BCUT2D eigenvalue weighted by atomic mass is 10.3. The predicted molar refractivity (Wildman–Crippen MR) is 96.6 cm³/mol. The molecule has 0 aliphatic heterocycles. The first-order valence-corrected chi connectivity index (χ1v) is 7.28. The van der Waals surface area contributed by atoms with E-state index in [-0.39, 0.29) is 30.5 Å². The number of halogens is 4. The summed E-state index contributed by atoms with van der Waals surface area (Å²) in [5, 5.41) is 5.57. The molecule has 23 heavy (non-hydrogen) atoms. The summed E-state index contributed by atoms with van der Waals surface area (Å²) in [4.78, 5) is 4.21. The molecular formula is C15H23F3IN3O. The average Bonchev–Trinajstić information content (AvgIpc) is 2.46. The van der Waals surface area contributed by atoms with Crippen molar-refractivity contribution in [2.45, 2.75) is 25.9 Å². The van der Waals surface area contributed by atoms with Gasteiger partial charge in [-0.2, -0.15) is 13.2 Å². The first-order valence-electron chi connectivity index (χ1n) is 7.28. The molecule has 0 saturated heterocycles. The molecule has 0 aliphatic carbocycles. The summed E-state index contributed by atoms with van der Waals surface area (Å²) in [5.41, 5.74) is 0. The Morgan fingerprint density at radius 2 is 1.87 bits per heavy atom. The number of hydrogen-bond acceptors (Lipinski definition) is 2. The van der Waals surface area contributed by atoms with E-state index in [1.165, 1.54) is 0 Å². The second-order valence-corrected chi connectivity index (χ2v) is 4.57. The van der Waals surface area contributed by atoms with E-state index < -0.39 is 12.6 Å². The normalized spacial score (nSPS) is 11.6. The number of benzene rings is 1. The minimum Gasteiger partial charge on any atom is -0.494 e. The van der Waals surface area contributed by atoms with Gasteiger partial charge in [0.25, 0.3) is 0 Å². The number of nitrogens with zero attached hydrogens (tertiary/aromatic N) is 1. The largest absolute Gasteiger partial charge is 0.494 e. The fourth-order valence-corrected chi connectivity index (χ4v) is 1.63. The fraction of sp³-hybridized carbons (Fsp3) is 0.533. The molecule has 0 atom stereocenters. The molecule has 0 unspecified atom stereocenters. The molecule has 0 saturated carbocycles. The Hall–Kier alpha value is -1.19. The molecule has 0 spiro atoms. The number of ether oxygens (including phenoxy) is 1. The number of rotatable bonds is 8. The van der Waals surface area contributed by atoms with Gasteiger partial charge in [0.15, 0.2) is 5.96 Å². The third-order valence-electron chi connectivity index (χ3n) is 2.63. The van der Waals surface area contributed by atoms with Gasteiger partial charge in [0, 0.05) is 26.1 Å². The maximum atomic E-state index is 12.1. The summed E-state index contributed by atoms with van der Waals surface area (Å²) >= 11 is 0. The van der Waals surface area contributed by atoms with Crippen LogP contribution >= 0.6 is 24.0 Å². The van der Waals surface area contributed by atoms with Gasteiger partial charge < -0.3 is 15.4 Å². The van der Waals surface area contributed by atoms with Crippen molar-refractivity contribution in [3.8, 4) is 5.75 Å². The standard InChI is InChI=1S/C15H22F3N3O.HI/c1-2-19-14(21-11-9-15(16,17)18)20-10-6-12-22-13-7-4-3-5-8-13;/h3-5,7-8H,2,6,9-12H2,1H3,(H2,19,20,21);1H. The third-order valence-corrected chi connectivity index (χ3v) is 2.63. The topological polar surface area (TPSA) is 45.7 Å². The number of aliphatic imine (C=N–C) groups is 1. The van der Waals surface area contributed by atoms with E-state index in [1.807, 2.05) is 37.3 Å². The first-order chi connectivity index (χ1) is 10.5. The van der Waals surface area contributed by atoms with Crippen molar-refractivity contribution >= 4 is 29.9 Å². The van der Waals surface area contributed by atoms with Crippen molar-refractivity contribution < 1.29 is 17.9 Å². The molecule has 0 heterocycles. The maximum absolute atomic E-state index is 12.1. The number of hydrogen-bond donors (Lipinski definition) is 2. The predicted octanol–water partition coefficient (Wildman–Crippen LogP) is 3.58. The smallest absolute Gasteiger partial charge is 0.390 e. The zero-order valence-corrected chi connectivity index (χ0v) is 15.4. The monoisotopic (exact) mass is 445 g/mol. The Morgan fingerprint density at radius 1 is 1.17 bits per heavy atom. The van der Waals surface area contributed by atoms with Gasteiger partial charge in [0.1, 0.15) is 5.75 Å². The van der Waals surface area contributed by atoms with Crippen molar-refractivity contribution in [1.29, 1.82) is 0 Å². The van der Waals surface area contributed by atoms with E-state index >= 15 is 0 Å². The van der Waals surface area contributed by atoms with Crippen LogP contribution in [0.2, 0.25) is 0 Å². The van der Waals surface area contributed by atoms with Crippen LogP contribution in [-0.4, -0.2) is 38.4 Å². The number of para-hydroxylation sites is 1. The zero-order chi connectivity index (χ0) is 16.3. The van der Waals surface area contributed by atoms with E-state index in [4.69, 9.17) is 4.74 Å². The quantitative estimate of drug-likeness (QED) is 0.278. The summed E-state index contributed by atoms with van der Waals surface area (Å²) < 4.78 is 41.8. The van der Waals surface area contributed by atoms with E-state index in [0.717, 1.165) is 5.75 Å². The molecule has 0 fully saturated rings. The van der Waals surface area contributed by atoms with Crippen molar-refractivity contribution in [2.75, 3.05) is 26.2 Å². The van der Waals surface area contributed by atoms with Crippen LogP contribution in [0.15, 0.2) is 35.3 Å². The highest BCUT2D eigenvalue weighted by Gasteiger charge is 2.26. The molecule has 0 aromatic heterocycles. The molecule has 132 valence electrons. The third kappa shape index (κ3) is 12.0. The van der Waals surface area contributed by atoms with Gasteiger partial charge in [-0.1, -0.05) is 18.2 Å². The van der Waals surface area contributed by atoms with Crippen LogP contribution in [0.4, 0.5) is 13.2 Å². The molecule has 8 heteroatoms. The Bertz CT molecular complexity index is 441. The van der Waals surface area contributed by atoms with Gasteiger partial charge in [0.2, 0.25) is 0 Å². The van der Waals surface area contributed by atoms with E-state index in [1.54, 1.807) is 0 Å². The molecular weight excluding hydrogens is 422 g/mol. The average molecular weight is 445 g/mol. The molecule has 1 aromatic carbocycles. The lowest BCUT2D eigenvalue weighted by Crippen LogP contribution is -2.39. The highest BCUT2D eigenvalue weighted by molar-refractivity contribution is 14.0. The summed E-state index contributed by atoms with van der Waals surface area (Å²) in [5.74, 6) is 1.19. The molecule has 4 nitrogen and oxygen atoms in total. The van der Waals surface area contributed by atoms with Gasteiger partial charge >= 0.3 is 6.18 Å². The van der Waals surface area contributed by atoms with E-state index in [2.05, 4.69) is 15.6 Å². The van der Waals surface area contributed by atoms with Crippen LogP contribution in [0.3, 0.4) is 0 Å². The summed E-state index contributed by atoms with van der Waals surface area (Å²) in [6, 6.07) is 9.42. The van der Waals surface area contributed by atoms with Gasteiger partial charge in [-0.25, -0.2) is 0 Å². The highest BCUT2D eigenvalue weighted by Crippen LogP contribution is 2.18. The Morgan fingerprint density at radius 3 is 2.48 bits per heavy atom. The van der Waals surface area contributed by atoms with Gasteiger partial charge in [0.05, 0.1) is 13.0 Å². The summed E-state index contributed by atoms with van der Waals surface area (Å²) in [6.07, 6.45) is -4.35. The van der Waals surface area contributed by atoms with Gasteiger partial charge in [-0.05, 0) is 19.1 Å². The Balaban J connectivity index is 0.00000484. The maximum Gasteiger partial charge on any atom is 0.390 e. The second kappa shape index (κ2) is 12.3. The first kappa shape index (κ1) is 21.8. The Labute approximate surface area is 151 Å². The molecule has 0 radical (unpaired) electrons. The van der Waals surface area contributed by atoms with Crippen molar-refractivity contribution in [1.82, 2.24) is 10.6 Å². The summed E-state index contributed by atoms with van der Waals surface area (Å²) in [6.45, 7) is 3.26. The van der Waals surface area contributed by atoms with Crippen LogP contribution in [0.1, 0.15) is 19.8 Å². The van der Waals surface area contributed by atoms with Crippen LogP contribution < -0.4 is 15.4 Å².